The molecule has 2 aliphatic heterocycles. The number of aliphatic hydroxyl groups excluding tert-OH is 1. The van der Waals surface area contributed by atoms with E-state index in [0.717, 1.165) is 30.0 Å². The summed E-state index contributed by atoms with van der Waals surface area (Å²) in [5.74, 6) is 1.52. The zero-order valence-corrected chi connectivity index (χ0v) is 17.5. The van der Waals surface area contributed by atoms with Crippen molar-refractivity contribution in [1.82, 2.24) is 4.90 Å². The van der Waals surface area contributed by atoms with Gasteiger partial charge in [-0.3, -0.25) is 4.90 Å². The van der Waals surface area contributed by atoms with Crippen molar-refractivity contribution in [2.75, 3.05) is 26.5 Å². The number of hydrogen-bond donors (Lipinski definition) is 1. The fourth-order valence-electron chi connectivity index (χ4n) is 4.26. The number of hydrogen-bond acceptors (Lipinski definition) is 6. The van der Waals surface area contributed by atoms with Crippen LogP contribution in [0.25, 0.3) is 0 Å². The Kier molecular flexibility index (Phi) is 5.73. The molecule has 1 aromatic heterocycles. The molecule has 0 amide bonds. The molecule has 30 heavy (non-hydrogen) atoms. The molecule has 2 atom stereocenters. The second-order valence-electron chi connectivity index (χ2n) is 7.71. The van der Waals surface area contributed by atoms with Crippen molar-refractivity contribution >= 4 is 11.3 Å². The molecule has 0 aliphatic carbocycles. The summed E-state index contributed by atoms with van der Waals surface area (Å²) in [5.41, 5.74) is 3.64. The average molecular weight is 424 g/mol. The van der Waals surface area contributed by atoms with Crippen LogP contribution in [-0.4, -0.2) is 42.6 Å². The molecule has 5 nitrogen and oxygen atoms in total. The maximum Gasteiger partial charge on any atom is 0.231 e. The van der Waals surface area contributed by atoms with Crippen LogP contribution in [0.15, 0.2) is 60.0 Å². The Bertz CT molecular complexity index is 990. The Balaban J connectivity index is 1.21. The van der Waals surface area contributed by atoms with Gasteiger partial charge in [0.2, 0.25) is 6.79 Å². The maximum absolute atomic E-state index is 10.7. The van der Waals surface area contributed by atoms with E-state index in [0.29, 0.717) is 19.8 Å². The van der Waals surface area contributed by atoms with Crippen LogP contribution in [0.2, 0.25) is 0 Å². The fourth-order valence-corrected chi connectivity index (χ4v) is 5.16. The van der Waals surface area contributed by atoms with Gasteiger partial charge < -0.3 is 19.3 Å². The van der Waals surface area contributed by atoms with Crippen LogP contribution in [0.4, 0.5) is 0 Å². The SMILES string of the molecule is O[C@@H](COCc1ccc2c(c1)OCO2)CN1CCc2sccc2[C@H]1c1ccccc1. The van der Waals surface area contributed by atoms with Gasteiger partial charge in [-0.1, -0.05) is 36.4 Å². The molecule has 0 spiro atoms. The Hall–Kier alpha value is -2.38. The van der Waals surface area contributed by atoms with Gasteiger partial charge in [0, 0.05) is 18.0 Å². The lowest BCUT2D eigenvalue weighted by Crippen LogP contribution is -2.41. The first kappa shape index (κ1) is 19.6. The highest BCUT2D eigenvalue weighted by Crippen LogP contribution is 2.37. The summed E-state index contributed by atoms with van der Waals surface area (Å²) in [6, 6.07) is 18.8. The minimum absolute atomic E-state index is 0.185. The molecule has 3 aromatic rings. The standard InChI is InChI=1S/C24H25NO4S/c26-19(15-27-14-17-6-7-21-22(12-17)29-16-28-21)13-25-10-8-23-20(9-11-30-23)24(25)18-4-2-1-3-5-18/h1-7,9,11-12,19,24,26H,8,10,13-16H2/t19-,24-/m1/s1. The van der Waals surface area contributed by atoms with E-state index in [1.54, 1.807) is 0 Å². The number of ether oxygens (including phenoxy) is 3. The predicted octanol–water partition coefficient (Wildman–Crippen LogP) is 4.00. The molecular formula is C24H25NO4S. The van der Waals surface area contributed by atoms with Crippen molar-refractivity contribution in [3.63, 3.8) is 0 Å². The summed E-state index contributed by atoms with van der Waals surface area (Å²) < 4.78 is 16.6. The number of nitrogens with zero attached hydrogens (tertiary/aromatic N) is 1. The van der Waals surface area contributed by atoms with Crippen molar-refractivity contribution in [2.24, 2.45) is 0 Å². The highest BCUT2D eigenvalue weighted by molar-refractivity contribution is 7.10. The molecule has 2 aliphatic rings. The van der Waals surface area contributed by atoms with Gasteiger partial charge in [0.05, 0.1) is 25.4 Å². The Labute approximate surface area is 180 Å². The van der Waals surface area contributed by atoms with E-state index in [9.17, 15) is 5.11 Å². The molecule has 0 bridgehead atoms. The molecule has 5 rings (SSSR count). The predicted molar refractivity (Wildman–Crippen MR) is 116 cm³/mol. The average Bonchev–Trinajstić information content (AvgIpc) is 3.43. The van der Waals surface area contributed by atoms with E-state index in [2.05, 4.69) is 40.6 Å². The van der Waals surface area contributed by atoms with Crippen molar-refractivity contribution in [3.8, 4) is 11.5 Å². The minimum Gasteiger partial charge on any atom is -0.454 e. The van der Waals surface area contributed by atoms with Crippen molar-refractivity contribution in [2.45, 2.75) is 25.2 Å². The van der Waals surface area contributed by atoms with Gasteiger partial charge in [0.25, 0.3) is 0 Å². The van der Waals surface area contributed by atoms with Crippen LogP contribution >= 0.6 is 11.3 Å². The Morgan fingerprint density at radius 2 is 1.97 bits per heavy atom. The van der Waals surface area contributed by atoms with E-state index >= 15 is 0 Å². The first-order valence-electron chi connectivity index (χ1n) is 10.3. The monoisotopic (exact) mass is 423 g/mol. The van der Waals surface area contributed by atoms with Crippen LogP contribution in [0, 0.1) is 0 Å². The molecule has 0 fully saturated rings. The summed E-state index contributed by atoms with van der Waals surface area (Å²) >= 11 is 1.83. The van der Waals surface area contributed by atoms with E-state index in [-0.39, 0.29) is 12.8 Å². The number of rotatable bonds is 7. The van der Waals surface area contributed by atoms with E-state index < -0.39 is 6.10 Å². The first-order chi connectivity index (χ1) is 14.8. The molecule has 1 N–H and O–H groups in total. The van der Waals surface area contributed by atoms with Crippen LogP contribution in [-0.2, 0) is 17.8 Å². The number of benzene rings is 2. The van der Waals surface area contributed by atoms with E-state index in [1.807, 2.05) is 35.6 Å². The van der Waals surface area contributed by atoms with Gasteiger partial charge in [-0.05, 0) is 46.7 Å². The van der Waals surface area contributed by atoms with Gasteiger partial charge in [0.1, 0.15) is 0 Å². The van der Waals surface area contributed by atoms with Crippen LogP contribution < -0.4 is 9.47 Å². The van der Waals surface area contributed by atoms with Crippen molar-refractivity contribution in [3.05, 3.63) is 81.5 Å². The summed E-state index contributed by atoms with van der Waals surface area (Å²) in [4.78, 5) is 3.83. The third kappa shape index (κ3) is 4.09. The molecule has 156 valence electrons. The molecule has 2 aromatic carbocycles. The summed E-state index contributed by atoms with van der Waals surface area (Å²) in [7, 11) is 0. The van der Waals surface area contributed by atoms with Gasteiger partial charge in [0.15, 0.2) is 11.5 Å². The third-order valence-electron chi connectivity index (χ3n) is 5.64. The molecule has 6 heteroatoms. The minimum atomic E-state index is -0.551. The van der Waals surface area contributed by atoms with Gasteiger partial charge >= 0.3 is 0 Å². The molecule has 0 saturated carbocycles. The number of β-amino-alcohol motifs (C(OH)–C–C–N with tert-alkyl or cyclic N) is 1. The van der Waals surface area contributed by atoms with Gasteiger partial charge in [-0.15, -0.1) is 11.3 Å². The van der Waals surface area contributed by atoms with Crippen molar-refractivity contribution < 1.29 is 19.3 Å². The van der Waals surface area contributed by atoms with E-state index in [4.69, 9.17) is 14.2 Å². The number of aliphatic hydroxyl groups is 1. The smallest absolute Gasteiger partial charge is 0.231 e. The Morgan fingerprint density at radius 3 is 2.87 bits per heavy atom. The summed E-state index contributed by atoms with van der Waals surface area (Å²) in [6.07, 6.45) is 0.478. The third-order valence-corrected chi connectivity index (χ3v) is 6.64. The quantitative estimate of drug-likeness (QED) is 0.623. The molecule has 0 saturated heterocycles. The highest BCUT2D eigenvalue weighted by Gasteiger charge is 2.30. The second kappa shape index (κ2) is 8.78. The summed E-state index contributed by atoms with van der Waals surface area (Å²) in [5, 5.41) is 12.9. The lowest BCUT2D eigenvalue weighted by atomic mass is 9.93. The summed E-state index contributed by atoms with van der Waals surface area (Å²) in [6.45, 7) is 2.51. The number of thiophene rings is 1. The zero-order chi connectivity index (χ0) is 20.3. The van der Waals surface area contributed by atoms with Gasteiger partial charge in [-0.25, -0.2) is 0 Å². The molecule has 3 heterocycles. The highest BCUT2D eigenvalue weighted by atomic mass is 32.1. The lowest BCUT2D eigenvalue weighted by molar-refractivity contribution is 0.00391. The Morgan fingerprint density at radius 1 is 1.10 bits per heavy atom. The van der Waals surface area contributed by atoms with E-state index in [1.165, 1.54) is 16.0 Å². The van der Waals surface area contributed by atoms with Crippen LogP contribution in [0.3, 0.4) is 0 Å². The zero-order valence-electron chi connectivity index (χ0n) is 16.7. The molecule has 0 radical (unpaired) electrons. The topological polar surface area (TPSA) is 51.2 Å². The van der Waals surface area contributed by atoms with Crippen LogP contribution in [0.1, 0.15) is 27.6 Å². The second-order valence-corrected chi connectivity index (χ2v) is 8.71. The van der Waals surface area contributed by atoms with Gasteiger partial charge in [-0.2, -0.15) is 0 Å². The normalized spacial score (nSPS) is 18.9. The maximum atomic E-state index is 10.7. The largest absolute Gasteiger partial charge is 0.454 e. The number of fused-ring (bicyclic) bond motifs is 2. The molecular weight excluding hydrogens is 398 g/mol. The lowest BCUT2D eigenvalue weighted by Gasteiger charge is -2.37. The first-order valence-corrected chi connectivity index (χ1v) is 11.2. The van der Waals surface area contributed by atoms with Crippen molar-refractivity contribution in [1.29, 1.82) is 0 Å². The molecule has 0 unspecified atom stereocenters. The fraction of sp³-hybridized carbons (Fsp3) is 0.333. The van der Waals surface area contributed by atoms with Crippen LogP contribution in [0.5, 0.6) is 11.5 Å².